The van der Waals surface area contributed by atoms with Crippen molar-refractivity contribution in [2.45, 2.75) is 45.4 Å². The number of hydrogen-bond donors (Lipinski definition) is 0. The zero-order chi connectivity index (χ0) is 16.1. The quantitative estimate of drug-likeness (QED) is 0.302. The molecule has 0 N–H and O–H groups in total. The van der Waals surface area contributed by atoms with Crippen molar-refractivity contribution in [2.24, 2.45) is 0 Å². The smallest absolute Gasteiger partial charge is 0.351 e. The van der Waals surface area contributed by atoms with Crippen molar-refractivity contribution in [3.63, 3.8) is 0 Å². The highest BCUT2D eigenvalue weighted by molar-refractivity contribution is 9.12. The molecular formula is C15H17Br2FO2S2. The number of halogens is 3. The van der Waals surface area contributed by atoms with Gasteiger partial charge in [-0.2, -0.15) is 0 Å². The van der Waals surface area contributed by atoms with E-state index in [0.717, 1.165) is 39.1 Å². The van der Waals surface area contributed by atoms with Crippen molar-refractivity contribution >= 4 is 70.6 Å². The largest absolute Gasteiger partial charge is 0.461 e. The topological polar surface area (TPSA) is 26.3 Å². The minimum atomic E-state index is -0.559. The molecule has 0 saturated heterocycles. The molecule has 7 heteroatoms. The zero-order valence-corrected chi connectivity index (χ0v) is 17.0. The molecule has 22 heavy (non-hydrogen) atoms. The van der Waals surface area contributed by atoms with Crippen LogP contribution < -0.4 is 0 Å². The van der Waals surface area contributed by atoms with E-state index in [9.17, 15) is 9.18 Å². The van der Waals surface area contributed by atoms with Crippen LogP contribution in [-0.2, 0) is 4.74 Å². The number of rotatable bonds is 8. The van der Waals surface area contributed by atoms with Crippen LogP contribution in [0.3, 0.4) is 0 Å². The molecule has 0 radical (unpaired) electrons. The first-order valence-electron chi connectivity index (χ1n) is 7.29. The Labute approximate surface area is 154 Å². The predicted octanol–water partition coefficient (Wildman–Crippen LogP) is 7.14. The predicted molar refractivity (Wildman–Crippen MR) is 98.7 cm³/mol. The van der Waals surface area contributed by atoms with Crippen LogP contribution in [0, 0.1) is 5.82 Å². The zero-order valence-electron chi connectivity index (χ0n) is 12.2. The first kappa shape index (κ1) is 18.4. The van der Waals surface area contributed by atoms with Gasteiger partial charge in [0.15, 0.2) is 5.82 Å². The minimum absolute atomic E-state index is 0.0604. The van der Waals surface area contributed by atoms with E-state index in [1.807, 2.05) is 0 Å². The number of fused-ring (bicyclic) bond motifs is 1. The number of hydrogen-bond acceptors (Lipinski definition) is 4. The van der Waals surface area contributed by atoms with Crippen LogP contribution in [0.15, 0.2) is 7.57 Å². The van der Waals surface area contributed by atoms with Crippen LogP contribution >= 0.6 is 54.5 Å². The van der Waals surface area contributed by atoms with E-state index in [1.165, 1.54) is 30.6 Å². The lowest BCUT2D eigenvalue weighted by Crippen LogP contribution is -2.06. The molecule has 0 spiro atoms. The summed E-state index contributed by atoms with van der Waals surface area (Å²) in [4.78, 5) is 12.1. The molecule has 2 nitrogen and oxygen atoms in total. The molecule has 0 aliphatic carbocycles. The molecule has 2 rings (SSSR count). The number of ether oxygens (including phenoxy) is 1. The second-order valence-corrected chi connectivity index (χ2v) is 9.68. The van der Waals surface area contributed by atoms with Crippen molar-refractivity contribution in [2.75, 3.05) is 6.61 Å². The number of carbonyl (C=O) groups excluding carboxylic acids is 1. The fraction of sp³-hybridized carbons (Fsp3) is 0.533. The lowest BCUT2D eigenvalue weighted by atomic mass is 10.1. The van der Waals surface area contributed by atoms with Crippen molar-refractivity contribution in [3.8, 4) is 0 Å². The van der Waals surface area contributed by atoms with E-state index in [2.05, 4.69) is 38.8 Å². The van der Waals surface area contributed by atoms with E-state index >= 15 is 0 Å². The van der Waals surface area contributed by atoms with E-state index < -0.39 is 11.8 Å². The normalized spacial score (nSPS) is 11.3. The Balaban J connectivity index is 1.88. The fourth-order valence-corrected chi connectivity index (χ4v) is 6.59. The summed E-state index contributed by atoms with van der Waals surface area (Å²) in [6.07, 6.45) is 6.74. The highest BCUT2D eigenvalue weighted by Crippen LogP contribution is 2.45. The summed E-state index contributed by atoms with van der Waals surface area (Å²) in [7, 11) is 0. The minimum Gasteiger partial charge on any atom is -0.461 e. The third-order valence-electron chi connectivity index (χ3n) is 3.32. The number of esters is 1. The van der Waals surface area contributed by atoms with Gasteiger partial charge < -0.3 is 4.74 Å². The van der Waals surface area contributed by atoms with E-state index in [1.54, 1.807) is 0 Å². The van der Waals surface area contributed by atoms with Gasteiger partial charge in [0.1, 0.15) is 4.88 Å². The summed E-state index contributed by atoms with van der Waals surface area (Å²) in [6, 6.07) is 0. The molecule has 0 bridgehead atoms. The molecule has 0 aromatic carbocycles. The Morgan fingerprint density at radius 3 is 2.45 bits per heavy atom. The maximum absolute atomic E-state index is 14.3. The summed E-state index contributed by atoms with van der Waals surface area (Å²) in [5.41, 5.74) is 0. The van der Waals surface area contributed by atoms with Gasteiger partial charge in [-0.15, -0.1) is 22.7 Å². The Morgan fingerprint density at radius 1 is 1.09 bits per heavy atom. The molecular weight excluding hydrogens is 455 g/mol. The van der Waals surface area contributed by atoms with Crippen molar-refractivity contribution in [3.05, 3.63) is 18.3 Å². The Kier molecular flexibility index (Phi) is 7.31. The van der Waals surface area contributed by atoms with Crippen LogP contribution in [0.1, 0.15) is 55.1 Å². The fourth-order valence-electron chi connectivity index (χ4n) is 2.15. The van der Waals surface area contributed by atoms with Gasteiger partial charge in [0.05, 0.1) is 24.3 Å². The average Bonchev–Trinajstić information content (AvgIpc) is 2.97. The third kappa shape index (κ3) is 4.30. The molecule has 0 unspecified atom stereocenters. The molecule has 122 valence electrons. The maximum atomic E-state index is 14.3. The lowest BCUT2D eigenvalue weighted by Gasteiger charge is -2.03. The second-order valence-electron chi connectivity index (χ2n) is 5.00. The van der Waals surface area contributed by atoms with Crippen LogP contribution in [0.5, 0.6) is 0 Å². The Morgan fingerprint density at radius 2 is 1.77 bits per heavy atom. The highest BCUT2D eigenvalue weighted by Gasteiger charge is 2.24. The van der Waals surface area contributed by atoms with E-state index in [4.69, 9.17) is 4.74 Å². The van der Waals surface area contributed by atoms with Gasteiger partial charge in [-0.3, -0.25) is 0 Å². The van der Waals surface area contributed by atoms with Gasteiger partial charge in [0.2, 0.25) is 0 Å². The first-order valence-corrected chi connectivity index (χ1v) is 10.5. The molecule has 0 amide bonds. The van der Waals surface area contributed by atoms with Gasteiger partial charge in [0, 0.05) is 0 Å². The SMILES string of the molecule is CCCCCCCCOC(=O)c1sc2c(Br)sc(Br)c2c1F. The standard InChI is InChI=1S/C15H17Br2FO2S2/c1-2-3-4-5-6-7-8-20-15(19)12-10(18)9-11(21-12)14(17)22-13(9)16/h2-8H2,1H3. The summed E-state index contributed by atoms with van der Waals surface area (Å²) in [5.74, 6) is -1.04. The molecule has 0 aliphatic rings. The van der Waals surface area contributed by atoms with Crippen LogP contribution in [0.2, 0.25) is 0 Å². The maximum Gasteiger partial charge on any atom is 0.351 e. The monoisotopic (exact) mass is 470 g/mol. The van der Waals surface area contributed by atoms with Crippen molar-refractivity contribution < 1.29 is 13.9 Å². The van der Waals surface area contributed by atoms with Crippen LogP contribution in [0.25, 0.3) is 10.1 Å². The molecule has 2 aromatic rings. The Bertz CT molecular complexity index is 652. The summed E-state index contributed by atoms with van der Waals surface area (Å²) < 4.78 is 21.8. The second kappa shape index (κ2) is 8.76. The van der Waals surface area contributed by atoms with Crippen molar-refractivity contribution in [1.82, 2.24) is 0 Å². The molecule has 0 atom stereocenters. The molecule has 2 heterocycles. The Hall–Kier alpha value is 0.0200. The van der Waals surface area contributed by atoms with Gasteiger partial charge in [0.25, 0.3) is 0 Å². The van der Waals surface area contributed by atoms with E-state index in [0.29, 0.717) is 15.8 Å². The van der Waals surface area contributed by atoms with Crippen molar-refractivity contribution in [1.29, 1.82) is 0 Å². The molecule has 0 saturated carbocycles. The molecule has 0 aliphatic heterocycles. The molecule has 0 fully saturated rings. The highest BCUT2D eigenvalue weighted by atomic mass is 79.9. The average molecular weight is 472 g/mol. The third-order valence-corrected chi connectivity index (χ3v) is 7.41. The first-order chi connectivity index (χ1) is 10.6. The van der Waals surface area contributed by atoms with Crippen LogP contribution in [-0.4, -0.2) is 12.6 Å². The van der Waals surface area contributed by atoms with Gasteiger partial charge in [-0.25, -0.2) is 9.18 Å². The number of unbranched alkanes of at least 4 members (excludes halogenated alkanes) is 5. The van der Waals surface area contributed by atoms with E-state index in [-0.39, 0.29) is 4.88 Å². The van der Waals surface area contributed by atoms with Gasteiger partial charge in [-0.1, -0.05) is 39.0 Å². The van der Waals surface area contributed by atoms with Gasteiger partial charge >= 0.3 is 5.97 Å². The van der Waals surface area contributed by atoms with Gasteiger partial charge in [-0.05, 0) is 38.3 Å². The summed E-state index contributed by atoms with van der Waals surface area (Å²) in [5, 5.41) is 0.466. The number of thiophene rings is 2. The summed E-state index contributed by atoms with van der Waals surface area (Å²) in [6.45, 7) is 2.54. The summed E-state index contributed by atoms with van der Waals surface area (Å²) >= 11 is 9.26. The number of carbonyl (C=O) groups is 1. The van der Waals surface area contributed by atoms with Crippen LogP contribution in [0.4, 0.5) is 4.39 Å². The lowest BCUT2D eigenvalue weighted by molar-refractivity contribution is 0.0499. The molecule has 2 aromatic heterocycles.